The van der Waals surface area contributed by atoms with Gasteiger partial charge in [-0.25, -0.2) is 0 Å². The molecule has 0 saturated carbocycles. The van der Waals surface area contributed by atoms with Gasteiger partial charge in [0.15, 0.2) is 0 Å². The van der Waals surface area contributed by atoms with Crippen LogP contribution in [-0.4, -0.2) is 18.9 Å². The van der Waals surface area contributed by atoms with Crippen LogP contribution in [0.1, 0.15) is 52.9 Å². The van der Waals surface area contributed by atoms with Crippen LogP contribution in [0.3, 0.4) is 0 Å². The second-order valence-electron chi connectivity index (χ2n) is 4.93. The van der Waals surface area contributed by atoms with Crippen LogP contribution >= 0.6 is 0 Å². The molecule has 0 spiro atoms. The Labute approximate surface area is 98.6 Å². The number of carbonyl (C=O) groups is 2. The summed E-state index contributed by atoms with van der Waals surface area (Å²) < 4.78 is 4.46. The van der Waals surface area contributed by atoms with E-state index in [2.05, 4.69) is 25.5 Å². The molecule has 16 heavy (non-hydrogen) atoms. The molecule has 0 aromatic rings. The third-order valence-electron chi connectivity index (χ3n) is 2.62. The topological polar surface area (TPSA) is 43.4 Å². The van der Waals surface area contributed by atoms with Crippen molar-refractivity contribution < 1.29 is 14.3 Å². The van der Waals surface area contributed by atoms with Gasteiger partial charge in [0.25, 0.3) is 0 Å². The maximum atomic E-state index is 11.4. The van der Waals surface area contributed by atoms with Gasteiger partial charge in [0.1, 0.15) is 12.2 Å². The third kappa shape index (κ3) is 8.45. The summed E-state index contributed by atoms with van der Waals surface area (Å²) in [4.78, 5) is 22.3. The average molecular weight is 228 g/mol. The Kier molecular flexibility index (Phi) is 7.86. The maximum Gasteiger partial charge on any atom is 0.313 e. The lowest BCUT2D eigenvalue weighted by Gasteiger charge is -2.11. The molecule has 94 valence electrons. The quantitative estimate of drug-likeness (QED) is 0.474. The van der Waals surface area contributed by atoms with Gasteiger partial charge in [0.2, 0.25) is 0 Å². The third-order valence-corrected chi connectivity index (χ3v) is 2.62. The highest BCUT2D eigenvalue weighted by Crippen LogP contribution is 2.16. The Morgan fingerprint density at radius 1 is 1.12 bits per heavy atom. The number of esters is 1. The summed E-state index contributed by atoms with van der Waals surface area (Å²) in [6.45, 7) is 6.47. The van der Waals surface area contributed by atoms with Crippen molar-refractivity contribution in [3.05, 3.63) is 0 Å². The Hall–Kier alpha value is -0.860. The number of hydrogen-bond acceptors (Lipinski definition) is 3. The molecule has 1 unspecified atom stereocenters. The highest BCUT2D eigenvalue weighted by molar-refractivity contribution is 5.95. The smallest absolute Gasteiger partial charge is 0.313 e. The molecule has 0 bridgehead atoms. The molecule has 0 amide bonds. The van der Waals surface area contributed by atoms with E-state index in [1.54, 1.807) is 0 Å². The molecule has 0 aliphatic carbocycles. The number of carbonyl (C=O) groups excluding carboxylic acids is 2. The van der Waals surface area contributed by atoms with Crippen molar-refractivity contribution in [3.8, 4) is 0 Å². The summed E-state index contributed by atoms with van der Waals surface area (Å²) in [6.07, 6.45) is 3.84. The minimum Gasteiger partial charge on any atom is -0.469 e. The number of methoxy groups -OCH3 is 1. The van der Waals surface area contributed by atoms with Crippen molar-refractivity contribution in [1.29, 1.82) is 0 Å². The van der Waals surface area contributed by atoms with Crippen LogP contribution < -0.4 is 0 Å². The molecule has 0 aromatic heterocycles. The zero-order valence-electron chi connectivity index (χ0n) is 10.9. The molecule has 0 radical (unpaired) electrons. The van der Waals surface area contributed by atoms with E-state index in [9.17, 15) is 9.59 Å². The molecule has 0 aromatic carbocycles. The van der Waals surface area contributed by atoms with E-state index in [0.29, 0.717) is 12.3 Å². The normalized spacial score (nSPS) is 12.6. The highest BCUT2D eigenvalue weighted by Gasteiger charge is 2.13. The fourth-order valence-electron chi connectivity index (χ4n) is 1.67. The van der Waals surface area contributed by atoms with Crippen molar-refractivity contribution in [2.75, 3.05) is 7.11 Å². The molecular formula is C13H24O3. The fraction of sp³-hybridized carbons (Fsp3) is 0.846. The van der Waals surface area contributed by atoms with Crippen molar-refractivity contribution >= 4 is 11.8 Å². The van der Waals surface area contributed by atoms with E-state index in [0.717, 1.165) is 18.8 Å². The lowest BCUT2D eigenvalue weighted by molar-refractivity contribution is -0.143. The molecule has 0 saturated heterocycles. The molecule has 0 aliphatic rings. The Morgan fingerprint density at radius 2 is 1.75 bits per heavy atom. The Balaban J connectivity index is 3.66. The van der Waals surface area contributed by atoms with Gasteiger partial charge in [-0.1, -0.05) is 40.0 Å². The minimum atomic E-state index is -0.431. The van der Waals surface area contributed by atoms with Gasteiger partial charge in [0, 0.05) is 6.42 Å². The first-order valence-electron chi connectivity index (χ1n) is 6.04. The summed E-state index contributed by atoms with van der Waals surface area (Å²) >= 11 is 0. The second kappa shape index (κ2) is 8.31. The van der Waals surface area contributed by atoms with E-state index in [-0.39, 0.29) is 12.2 Å². The standard InChI is InChI=1S/C13H24O3/c1-10(2)6-5-7-11(3)8-12(14)9-13(15)16-4/h10-11H,5-9H2,1-4H3. The predicted octanol–water partition coefficient (Wildman–Crippen LogP) is 2.97. The van der Waals surface area contributed by atoms with Gasteiger partial charge < -0.3 is 4.74 Å². The second-order valence-corrected chi connectivity index (χ2v) is 4.93. The van der Waals surface area contributed by atoms with Crippen molar-refractivity contribution in [2.45, 2.75) is 52.9 Å². The van der Waals surface area contributed by atoms with Crippen LogP contribution in [0.2, 0.25) is 0 Å². The molecular weight excluding hydrogens is 204 g/mol. The van der Waals surface area contributed by atoms with E-state index in [1.807, 2.05) is 0 Å². The number of ether oxygens (including phenoxy) is 1. The van der Waals surface area contributed by atoms with Crippen LogP contribution in [0.15, 0.2) is 0 Å². The molecule has 0 rings (SSSR count). The molecule has 0 aliphatic heterocycles. The first kappa shape index (κ1) is 15.1. The van der Waals surface area contributed by atoms with Gasteiger partial charge in [-0.2, -0.15) is 0 Å². The van der Waals surface area contributed by atoms with E-state index in [1.165, 1.54) is 13.5 Å². The molecule has 3 nitrogen and oxygen atoms in total. The largest absolute Gasteiger partial charge is 0.469 e. The minimum absolute atomic E-state index is 0.0103. The van der Waals surface area contributed by atoms with E-state index < -0.39 is 5.97 Å². The zero-order valence-corrected chi connectivity index (χ0v) is 10.9. The van der Waals surface area contributed by atoms with Gasteiger partial charge in [-0.15, -0.1) is 0 Å². The Bertz CT molecular complexity index is 221. The molecule has 0 fully saturated rings. The first-order chi connectivity index (χ1) is 7.45. The van der Waals surface area contributed by atoms with Crippen molar-refractivity contribution in [2.24, 2.45) is 11.8 Å². The molecule has 0 N–H and O–H groups in total. The lowest BCUT2D eigenvalue weighted by Crippen LogP contribution is -2.12. The van der Waals surface area contributed by atoms with Crippen molar-refractivity contribution in [3.63, 3.8) is 0 Å². The summed E-state index contributed by atoms with van der Waals surface area (Å²) in [5.41, 5.74) is 0. The highest BCUT2D eigenvalue weighted by atomic mass is 16.5. The molecule has 3 heteroatoms. The monoisotopic (exact) mass is 228 g/mol. The van der Waals surface area contributed by atoms with Gasteiger partial charge in [0.05, 0.1) is 7.11 Å². The lowest BCUT2D eigenvalue weighted by atomic mass is 9.95. The number of ketones is 1. The van der Waals surface area contributed by atoms with Gasteiger partial charge in [-0.3, -0.25) is 9.59 Å². The number of Topliss-reactive ketones (excluding diaryl/α,β-unsaturated/α-hetero) is 1. The summed E-state index contributed by atoms with van der Waals surface area (Å²) in [5.74, 6) is 0.650. The van der Waals surface area contributed by atoms with E-state index in [4.69, 9.17) is 0 Å². The van der Waals surface area contributed by atoms with E-state index >= 15 is 0 Å². The SMILES string of the molecule is COC(=O)CC(=O)CC(C)CCCC(C)C. The fourth-order valence-corrected chi connectivity index (χ4v) is 1.67. The van der Waals surface area contributed by atoms with Crippen LogP contribution in [0, 0.1) is 11.8 Å². The average Bonchev–Trinajstić information content (AvgIpc) is 2.16. The van der Waals surface area contributed by atoms with Crippen LogP contribution in [0.5, 0.6) is 0 Å². The number of rotatable bonds is 8. The van der Waals surface area contributed by atoms with Crippen LogP contribution in [0.25, 0.3) is 0 Å². The summed E-state index contributed by atoms with van der Waals surface area (Å²) in [7, 11) is 1.31. The Morgan fingerprint density at radius 3 is 2.25 bits per heavy atom. The molecule has 0 heterocycles. The van der Waals surface area contributed by atoms with Crippen LogP contribution in [-0.2, 0) is 14.3 Å². The van der Waals surface area contributed by atoms with Gasteiger partial charge in [-0.05, 0) is 11.8 Å². The predicted molar refractivity (Wildman–Crippen MR) is 64.1 cm³/mol. The van der Waals surface area contributed by atoms with Crippen LogP contribution in [0.4, 0.5) is 0 Å². The molecule has 1 atom stereocenters. The van der Waals surface area contributed by atoms with Gasteiger partial charge >= 0.3 is 5.97 Å². The number of hydrogen-bond donors (Lipinski definition) is 0. The first-order valence-corrected chi connectivity index (χ1v) is 6.04. The van der Waals surface area contributed by atoms with Crippen molar-refractivity contribution in [1.82, 2.24) is 0 Å². The summed E-state index contributed by atoms with van der Waals surface area (Å²) in [5, 5.41) is 0. The summed E-state index contributed by atoms with van der Waals surface area (Å²) in [6, 6.07) is 0. The zero-order chi connectivity index (χ0) is 12.6. The maximum absolute atomic E-state index is 11.4.